The Balaban J connectivity index is 2.19. The van der Waals surface area contributed by atoms with Gasteiger partial charge in [0.15, 0.2) is 0 Å². The third kappa shape index (κ3) is 2.01. The van der Waals surface area contributed by atoms with Crippen LogP contribution < -0.4 is 0 Å². The maximum Gasteiger partial charge on any atom is 0.337 e. The summed E-state index contributed by atoms with van der Waals surface area (Å²) in [5.74, 6) is -0.202. The van der Waals surface area contributed by atoms with Crippen molar-refractivity contribution in [3.63, 3.8) is 0 Å². The molecular weight excluding hydrogens is 256 g/mol. The third-order valence-electron chi connectivity index (χ3n) is 3.15. The minimum atomic E-state index is -0.959. The number of carboxylic acids is 1. The summed E-state index contributed by atoms with van der Waals surface area (Å²) in [6, 6.07) is 6.90. The molecular formula is C14H12N4O2. The van der Waals surface area contributed by atoms with E-state index in [1.807, 2.05) is 17.6 Å². The predicted molar refractivity (Wildman–Crippen MR) is 72.6 cm³/mol. The second-order valence-electron chi connectivity index (χ2n) is 4.42. The number of carboxylic acid groups (broad SMARTS) is 1. The number of imidazole rings is 1. The van der Waals surface area contributed by atoms with E-state index < -0.39 is 5.97 Å². The van der Waals surface area contributed by atoms with Crippen molar-refractivity contribution in [3.05, 3.63) is 53.9 Å². The highest BCUT2D eigenvalue weighted by Crippen LogP contribution is 2.21. The number of benzene rings is 1. The molecule has 0 saturated carbocycles. The van der Waals surface area contributed by atoms with E-state index in [1.165, 1.54) is 6.33 Å². The molecule has 3 rings (SSSR count). The smallest absolute Gasteiger partial charge is 0.337 e. The Hall–Kier alpha value is -2.76. The van der Waals surface area contributed by atoms with E-state index in [1.54, 1.807) is 24.4 Å². The molecule has 0 aliphatic heterocycles. The lowest BCUT2D eigenvalue weighted by atomic mass is 10.2. The number of aryl methyl sites for hydroxylation is 1. The Morgan fingerprint density at radius 2 is 2.20 bits per heavy atom. The van der Waals surface area contributed by atoms with Gasteiger partial charge < -0.3 is 9.67 Å². The number of para-hydroxylation sites is 1. The van der Waals surface area contributed by atoms with Crippen LogP contribution in [0.1, 0.15) is 21.9 Å². The summed E-state index contributed by atoms with van der Waals surface area (Å²) in [6.45, 7) is 2.32. The van der Waals surface area contributed by atoms with Crippen LogP contribution in [0, 0.1) is 6.92 Å². The van der Waals surface area contributed by atoms with Gasteiger partial charge in [0.1, 0.15) is 12.2 Å². The van der Waals surface area contributed by atoms with Crippen LogP contribution in [0.4, 0.5) is 0 Å². The lowest BCUT2D eigenvalue weighted by Gasteiger charge is -2.07. The Bertz CT molecular complexity index is 780. The summed E-state index contributed by atoms with van der Waals surface area (Å²) in [4.78, 5) is 23.8. The topological polar surface area (TPSA) is 80.9 Å². The molecule has 0 spiro atoms. The number of hydrogen-bond donors (Lipinski definition) is 1. The van der Waals surface area contributed by atoms with Crippen LogP contribution in [0.5, 0.6) is 0 Å². The first kappa shape index (κ1) is 12.3. The van der Waals surface area contributed by atoms with Crippen molar-refractivity contribution in [1.82, 2.24) is 19.5 Å². The van der Waals surface area contributed by atoms with Crippen molar-refractivity contribution in [2.45, 2.75) is 13.5 Å². The molecule has 0 unspecified atom stereocenters. The molecule has 6 heteroatoms. The van der Waals surface area contributed by atoms with E-state index in [2.05, 4.69) is 15.0 Å². The molecule has 6 nitrogen and oxygen atoms in total. The van der Waals surface area contributed by atoms with Crippen molar-refractivity contribution in [2.75, 3.05) is 0 Å². The molecule has 0 aliphatic rings. The molecule has 0 saturated heterocycles. The predicted octanol–water partition coefficient (Wildman–Crippen LogP) is 1.88. The fourth-order valence-electron chi connectivity index (χ4n) is 2.24. The molecule has 0 amide bonds. The highest BCUT2D eigenvalue weighted by atomic mass is 16.4. The van der Waals surface area contributed by atoms with Gasteiger partial charge in [-0.2, -0.15) is 0 Å². The molecule has 0 radical (unpaired) electrons. The standard InChI is InChI=1S/C14H12N4O2/c1-9-17-12-4-2-3-11(14(19)20)13(12)18(9)7-10-5-6-15-8-16-10/h2-6,8H,7H2,1H3,(H,19,20). The molecule has 1 aromatic carbocycles. The highest BCUT2D eigenvalue weighted by Gasteiger charge is 2.16. The molecule has 20 heavy (non-hydrogen) atoms. The number of fused-ring (bicyclic) bond motifs is 1. The summed E-state index contributed by atoms with van der Waals surface area (Å²) in [6.07, 6.45) is 3.14. The average molecular weight is 268 g/mol. The summed E-state index contributed by atoms with van der Waals surface area (Å²) < 4.78 is 1.86. The minimum Gasteiger partial charge on any atom is -0.478 e. The largest absolute Gasteiger partial charge is 0.478 e. The number of carbonyl (C=O) groups is 1. The number of nitrogens with zero attached hydrogens (tertiary/aromatic N) is 4. The molecule has 0 bridgehead atoms. The maximum atomic E-state index is 11.4. The minimum absolute atomic E-state index is 0.247. The Morgan fingerprint density at radius 3 is 2.90 bits per heavy atom. The molecule has 2 aromatic heterocycles. The van der Waals surface area contributed by atoms with Crippen molar-refractivity contribution in [1.29, 1.82) is 0 Å². The van der Waals surface area contributed by atoms with Gasteiger partial charge in [-0.05, 0) is 25.1 Å². The lowest BCUT2D eigenvalue weighted by molar-refractivity contribution is 0.0698. The van der Waals surface area contributed by atoms with Gasteiger partial charge in [0.2, 0.25) is 0 Å². The monoisotopic (exact) mass is 268 g/mol. The quantitative estimate of drug-likeness (QED) is 0.784. The van der Waals surface area contributed by atoms with Gasteiger partial charge >= 0.3 is 5.97 Å². The molecule has 3 aromatic rings. The molecule has 1 N–H and O–H groups in total. The van der Waals surface area contributed by atoms with Gasteiger partial charge in [-0.1, -0.05) is 6.07 Å². The number of hydrogen-bond acceptors (Lipinski definition) is 4. The van der Waals surface area contributed by atoms with E-state index in [0.717, 1.165) is 11.5 Å². The first-order chi connectivity index (χ1) is 9.66. The van der Waals surface area contributed by atoms with E-state index in [4.69, 9.17) is 0 Å². The summed E-state index contributed by atoms with van der Waals surface area (Å²) >= 11 is 0. The fraction of sp³-hybridized carbons (Fsp3) is 0.143. The van der Waals surface area contributed by atoms with Gasteiger partial charge in [-0.25, -0.2) is 19.7 Å². The van der Waals surface area contributed by atoms with E-state index in [9.17, 15) is 9.90 Å². The zero-order chi connectivity index (χ0) is 14.1. The van der Waals surface area contributed by atoms with Crippen molar-refractivity contribution >= 4 is 17.0 Å². The van der Waals surface area contributed by atoms with Crippen molar-refractivity contribution < 1.29 is 9.90 Å². The van der Waals surface area contributed by atoms with Crippen LogP contribution in [-0.2, 0) is 6.54 Å². The first-order valence-corrected chi connectivity index (χ1v) is 6.11. The van der Waals surface area contributed by atoms with Gasteiger partial charge in [0.25, 0.3) is 0 Å². The molecule has 100 valence electrons. The van der Waals surface area contributed by atoms with Gasteiger partial charge in [-0.15, -0.1) is 0 Å². The summed E-state index contributed by atoms with van der Waals surface area (Å²) in [7, 11) is 0. The van der Waals surface area contributed by atoms with Crippen LogP contribution in [0.25, 0.3) is 11.0 Å². The number of aromatic nitrogens is 4. The second-order valence-corrected chi connectivity index (χ2v) is 4.42. The van der Waals surface area contributed by atoms with Crippen LogP contribution in [-0.4, -0.2) is 30.6 Å². The Kier molecular flexibility index (Phi) is 2.90. The molecule has 2 heterocycles. The van der Waals surface area contributed by atoms with Gasteiger partial charge in [0.05, 0.1) is 28.8 Å². The average Bonchev–Trinajstić information content (AvgIpc) is 2.76. The fourth-order valence-corrected chi connectivity index (χ4v) is 2.24. The summed E-state index contributed by atoms with van der Waals surface area (Å²) in [5, 5.41) is 9.32. The number of aromatic carboxylic acids is 1. The maximum absolute atomic E-state index is 11.4. The third-order valence-corrected chi connectivity index (χ3v) is 3.15. The van der Waals surface area contributed by atoms with Gasteiger partial charge in [-0.3, -0.25) is 0 Å². The SMILES string of the molecule is Cc1nc2cccc(C(=O)O)c2n1Cc1ccncn1. The second kappa shape index (κ2) is 4.73. The van der Waals surface area contributed by atoms with E-state index in [-0.39, 0.29) is 5.56 Å². The van der Waals surface area contributed by atoms with Gasteiger partial charge in [0, 0.05) is 6.20 Å². The highest BCUT2D eigenvalue weighted by molar-refractivity contribution is 6.01. The van der Waals surface area contributed by atoms with Crippen molar-refractivity contribution in [3.8, 4) is 0 Å². The van der Waals surface area contributed by atoms with Crippen LogP contribution in [0.15, 0.2) is 36.8 Å². The first-order valence-electron chi connectivity index (χ1n) is 6.11. The zero-order valence-electron chi connectivity index (χ0n) is 10.8. The van der Waals surface area contributed by atoms with Crippen molar-refractivity contribution in [2.24, 2.45) is 0 Å². The Labute approximate surface area is 114 Å². The van der Waals surface area contributed by atoms with E-state index >= 15 is 0 Å². The lowest BCUT2D eigenvalue weighted by Crippen LogP contribution is -2.07. The van der Waals surface area contributed by atoms with Crippen LogP contribution in [0.3, 0.4) is 0 Å². The Morgan fingerprint density at radius 1 is 1.35 bits per heavy atom. The summed E-state index contributed by atoms with van der Waals surface area (Å²) in [5.41, 5.74) is 2.35. The molecule has 0 fully saturated rings. The molecule has 0 atom stereocenters. The van der Waals surface area contributed by atoms with Crippen LogP contribution >= 0.6 is 0 Å². The zero-order valence-corrected chi connectivity index (χ0v) is 10.8. The normalized spacial score (nSPS) is 10.8. The number of rotatable bonds is 3. The van der Waals surface area contributed by atoms with E-state index in [0.29, 0.717) is 17.6 Å². The molecule has 0 aliphatic carbocycles. The van der Waals surface area contributed by atoms with Crippen LogP contribution in [0.2, 0.25) is 0 Å².